The average molecular weight is 1060 g/mol. The predicted molar refractivity (Wildman–Crippen MR) is 279 cm³/mol. The first-order valence-corrected chi connectivity index (χ1v) is 27.3. The van der Waals surface area contributed by atoms with Crippen LogP contribution in [0.3, 0.4) is 0 Å². The van der Waals surface area contributed by atoms with Crippen LogP contribution in [0.4, 0.5) is 17.1 Å². The zero-order chi connectivity index (χ0) is 52.9. The minimum absolute atomic E-state index is 0.0992. The molecule has 0 spiro atoms. The van der Waals surface area contributed by atoms with E-state index in [2.05, 4.69) is 20.9 Å². The molecule has 4 aromatic rings. The molecule has 1 fully saturated rings. The van der Waals surface area contributed by atoms with Crippen LogP contribution in [-0.2, 0) is 38.1 Å². The van der Waals surface area contributed by atoms with Crippen molar-refractivity contribution in [3.63, 3.8) is 0 Å². The number of alkyl halides is 2. The molecule has 0 saturated heterocycles. The van der Waals surface area contributed by atoms with Crippen LogP contribution in [0.25, 0.3) is 21.7 Å². The van der Waals surface area contributed by atoms with E-state index in [-0.39, 0.29) is 104 Å². The first-order valence-electron chi connectivity index (χ1n) is 24.7. The zero-order valence-corrected chi connectivity index (χ0v) is 44.1. The maximum absolute atomic E-state index is 15.2. The van der Waals surface area contributed by atoms with Gasteiger partial charge in [-0.2, -0.15) is 0 Å². The minimum atomic E-state index is -4.99. The Morgan fingerprint density at radius 1 is 0.863 bits per heavy atom. The third kappa shape index (κ3) is 10.3. The molecule has 1 aliphatic carbocycles. The van der Waals surface area contributed by atoms with Gasteiger partial charge in [-0.3, -0.25) is 48.2 Å². The smallest absolute Gasteiger partial charge is 0.402 e. The van der Waals surface area contributed by atoms with E-state index >= 15 is 4.79 Å². The fourth-order valence-electron chi connectivity index (χ4n) is 11.4. The number of aromatic amines is 1. The summed E-state index contributed by atoms with van der Waals surface area (Å²) < 4.78 is 17.2. The summed E-state index contributed by atoms with van der Waals surface area (Å²) in [5.74, 6) is -3.12. The van der Waals surface area contributed by atoms with Crippen molar-refractivity contribution < 1.29 is 52.4 Å². The highest BCUT2D eigenvalue weighted by Crippen LogP contribution is 2.61. The molecule has 6 N–H and O–H groups in total. The van der Waals surface area contributed by atoms with Gasteiger partial charge in [0.1, 0.15) is 12.1 Å². The molecule has 21 heteroatoms. The van der Waals surface area contributed by atoms with Gasteiger partial charge in [-0.25, -0.2) is 4.57 Å². The third-order valence-electron chi connectivity index (χ3n) is 15.1. The number of phosphoric acid groups is 1. The van der Waals surface area contributed by atoms with Crippen molar-refractivity contribution in [2.45, 2.75) is 110 Å². The van der Waals surface area contributed by atoms with Gasteiger partial charge in [0, 0.05) is 95.9 Å². The normalized spacial score (nSPS) is 22.2. The highest BCUT2D eigenvalue weighted by atomic mass is 35.5. The summed E-state index contributed by atoms with van der Waals surface area (Å²) in [6, 6.07) is 8.75. The van der Waals surface area contributed by atoms with Gasteiger partial charge in [-0.15, -0.1) is 23.2 Å². The predicted octanol–water partition coefficient (Wildman–Crippen LogP) is 7.41. The molecular weight excluding hydrogens is 1000 g/mol. The number of nitrogens with zero attached hydrogens (tertiary/aromatic N) is 3. The molecule has 390 valence electrons. The highest BCUT2D eigenvalue weighted by Gasteiger charge is 2.62. The number of carbonyl (C=O) groups is 7. The molecule has 4 atom stereocenters. The molecular formula is C52H62Cl2N7O11P. The quantitative estimate of drug-likeness (QED) is 0.0234. The molecule has 4 heterocycles. The van der Waals surface area contributed by atoms with Gasteiger partial charge >= 0.3 is 7.82 Å². The lowest BCUT2D eigenvalue weighted by Gasteiger charge is -2.54. The zero-order valence-electron chi connectivity index (χ0n) is 41.7. The van der Waals surface area contributed by atoms with Gasteiger partial charge in [0.2, 0.25) is 29.5 Å². The Balaban J connectivity index is 0.970. The van der Waals surface area contributed by atoms with Crippen molar-refractivity contribution in [1.82, 2.24) is 20.5 Å². The second-order valence-corrected chi connectivity index (χ2v) is 22.4. The van der Waals surface area contributed by atoms with Crippen molar-refractivity contribution in [2.75, 3.05) is 46.5 Å². The highest BCUT2D eigenvalue weighted by molar-refractivity contribution is 7.46. The van der Waals surface area contributed by atoms with Crippen LogP contribution in [0.2, 0.25) is 0 Å². The third-order valence-corrected chi connectivity index (χ3v) is 16.2. The Labute approximate surface area is 433 Å². The number of aromatic nitrogens is 1. The van der Waals surface area contributed by atoms with Crippen LogP contribution >= 0.6 is 31.0 Å². The first kappa shape index (κ1) is 53.5. The summed E-state index contributed by atoms with van der Waals surface area (Å²) in [5, 5.41) is 10.7. The first-order chi connectivity index (χ1) is 34.5. The number of fused-ring (bicyclic) bond motifs is 6. The van der Waals surface area contributed by atoms with E-state index in [0.29, 0.717) is 59.0 Å². The maximum atomic E-state index is 15.2. The Hall–Kier alpha value is -5.78. The van der Waals surface area contributed by atoms with Crippen LogP contribution in [0.1, 0.15) is 108 Å². The van der Waals surface area contributed by atoms with E-state index in [1.807, 2.05) is 45.0 Å². The fourth-order valence-corrected chi connectivity index (χ4v) is 12.3. The van der Waals surface area contributed by atoms with Crippen LogP contribution in [0, 0.1) is 23.7 Å². The number of nitrogens with one attached hydrogen (secondary N) is 4. The Bertz CT molecular complexity index is 2980. The van der Waals surface area contributed by atoms with Gasteiger partial charge in [0.05, 0.1) is 22.3 Å². The molecule has 7 amide bonds. The van der Waals surface area contributed by atoms with E-state index in [0.717, 1.165) is 27.0 Å². The fraction of sp³-hybridized carbons (Fsp3) is 0.481. The van der Waals surface area contributed by atoms with Gasteiger partial charge in [-0.05, 0) is 80.0 Å². The van der Waals surface area contributed by atoms with Crippen molar-refractivity contribution in [2.24, 2.45) is 16.7 Å². The monoisotopic (exact) mass is 1060 g/mol. The van der Waals surface area contributed by atoms with Crippen molar-refractivity contribution in [1.29, 1.82) is 0 Å². The number of carbonyl (C=O) groups excluding carboxylic acids is 7. The second kappa shape index (κ2) is 20.9. The molecule has 3 aromatic carbocycles. The maximum Gasteiger partial charge on any atom is 0.524 e. The number of rotatable bonds is 19. The van der Waals surface area contributed by atoms with Gasteiger partial charge in [-0.1, -0.05) is 58.4 Å². The number of unbranched alkanes of at least 4 members (excludes halogenated alkanes) is 2. The topological polar surface area (TPSA) is 248 Å². The minimum Gasteiger partial charge on any atom is -0.402 e. The van der Waals surface area contributed by atoms with Crippen molar-refractivity contribution >= 4 is 111 Å². The number of hydrogen-bond donors (Lipinski definition) is 6. The molecule has 1 saturated carbocycles. The number of H-pyrrole nitrogens is 1. The number of aryl methyl sites for hydroxylation is 1. The molecule has 4 aliphatic rings. The van der Waals surface area contributed by atoms with E-state index in [1.165, 1.54) is 18.2 Å². The summed E-state index contributed by atoms with van der Waals surface area (Å²) in [5.41, 5.74) is 2.30. The summed E-state index contributed by atoms with van der Waals surface area (Å²) in [6.45, 7) is 11.5. The number of anilines is 3. The van der Waals surface area contributed by atoms with Crippen LogP contribution in [0.15, 0.2) is 54.7 Å². The average Bonchev–Trinajstić information content (AvgIpc) is 4.10. The van der Waals surface area contributed by atoms with Gasteiger partial charge < -0.3 is 35.3 Å². The van der Waals surface area contributed by atoms with Crippen LogP contribution in [0.5, 0.6) is 5.75 Å². The molecule has 18 nitrogen and oxygen atoms in total. The van der Waals surface area contributed by atoms with E-state index in [4.69, 9.17) is 27.7 Å². The lowest BCUT2D eigenvalue weighted by atomic mass is 9.51. The molecule has 4 unspecified atom stereocenters. The molecule has 3 aliphatic heterocycles. The van der Waals surface area contributed by atoms with Crippen molar-refractivity contribution in [3.05, 3.63) is 71.4 Å². The Morgan fingerprint density at radius 3 is 2.10 bits per heavy atom. The SMILES string of the molecule is CCC1(C(=O)N2CC(CCl)c3c2cc(NC(=O)C(C)NC(=O)C(NC(=O)CCCCCN2C(=O)C=CC2=O)C(C)C)c2ccccc32)CC(C)(C(=O)N2CC(CCl)c3c2cc(OP(=O)(O)O)c2[nH]cc(C)c32)C1. The Morgan fingerprint density at radius 2 is 1.48 bits per heavy atom. The number of amides is 7. The lowest BCUT2D eigenvalue weighted by molar-refractivity contribution is -0.153. The number of benzene rings is 3. The summed E-state index contributed by atoms with van der Waals surface area (Å²) >= 11 is 13.2. The van der Waals surface area contributed by atoms with E-state index < -0.39 is 42.6 Å². The molecule has 0 radical (unpaired) electrons. The lowest BCUT2D eigenvalue weighted by Crippen LogP contribution is -2.60. The number of phosphoric ester groups is 1. The molecule has 73 heavy (non-hydrogen) atoms. The number of halogens is 2. The summed E-state index contributed by atoms with van der Waals surface area (Å²) in [6.07, 6.45) is 6.76. The molecule has 8 rings (SSSR count). The number of hydrogen-bond acceptors (Lipinski definition) is 9. The van der Waals surface area contributed by atoms with E-state index in [1.54, 1.807) is 42.8 Å². The Kier molecular flexibility index (Phi) is 15.3. The van der Waals surface area contributed by atoms with Crippen LogP contribution in [-0.4, -0.2) is 104 Å². The standard InChI is InChI=1S/C52H62Cl2N7O11P/c1-7-52(26-51(6,27-52)49(67)60-25-32(22-54)44-37(60)20-38(72-73(69,70)71)46-42(44)29(4)23-55-46)50(68)61-24-31(21-53)43-34-14-11-10-13-33(34)35(19-36(43)61)57-47(65)30(5)56-48(66)45(28(2)3)58-39(62)15-9-8-12-18-59-40(63)16-17-41(59)64/h10-11,13-14,16-17,19-20,23,28,30-32,45,55H,7-9,12,15,18,21-22,24-27H2,1-6H3,(H,56,66)(H,57,65)(H,58,62)(H2,69,70,71). The molecule has 1 aromatic heterocycles. The summed E-state index contributed by atoms with van der Waals surface area (Å²) in [4.78, 5) is 121. The summed E-state index contributed by atoms with van der Waals surface area (Å²) in [7, 11) is -4.99. The second-order valence-electron chi connectivity index (χ2n) is 20.6. The van der Waals surface area contributed by atoms with Gasteiger partial charge in [0.25, 0.3) is 11.8 Å². The largest absolute Gasteiger partial charge is 0.524 e. The molecule has 0 bridgehead atoms. The van der Waals surface area contributed by atoms with E-state index in [9.17, 15) is 43.1 Å². The number of imide groups is 1. The van der Waals surface area contributed by atoms with Crippen LogP contribution < -0.4 is 30.3 Å². The van der Waals surface area contributed by atoms with Crippen molar-refractivity contribution in [3.8, 4) is 5.75 Å². The van der Waals surface area contributed by atoms with Gasteiger partial charge in [0.15, 0.2) is 5.75 Å².